The number of hydrogen-bond acceptors (Lipinski definition) is 4. The van der Waals surface area contributed by atoms with Gasteiger partial charge in [-0.1, -0.05) is 12.1 Å². The van der Waals surface area contributed by atoms with Crippen LogP contribution in [0.25, 0.3) is 0 Å². The highest BCUT2D eigenvalue weighted by Gasteiger charge is 2.08. The van der Waals surface area contributed by atoms with E-state index in [4.69, 9.17) is 10.5 Å². The maximum absolute atomic E-state index is 11.1. The van der Waals surface area contributed by atoms with Crippen LogP contribution in [0.1, 0.15) is 11.8 Å². The molecule has 0 aliphatic heterocycles. The van der Waals surface area contributed by atoms with Gasteiger partial charge in [0.25, 0.3) is 0 Å². The Balaban J connectivity index is 3.01. The minimum Gasteiger partial charge on any atom is -0.363 e. The number of nitrogens with two attached hydrogens (primary N) is 1. The van der Waals surface area contributed by atoms with Crippen LogP contribution in [-0.4, -0.2) is 21.8 Å². The van der Waals surface area contributed by atoms with E-state index < -0.39 is 16.1 Å². The summed E-state index contributed by atoms with van der Waals surface area (Å²) in [7, 11) is -1.64. The summed E-state index contributed by atoms with van der Waals surface area (Å²) in [5, 5.41) is 0. The Bertz CT molecular complexity index is 397. The van der Waals surface area contributed by atoms with Gasteiger partial charge in [0.1, 0.15) is 6.23 Å². The third kappa shape index (κ3) is 2.54. The number of benzene rings is 1. The van der Waals surface area contributed by atoms with Crippen molar-refractivity contribution in [1.82, 2.24) is 0 Å². The van der Waals surface area contributed by atoms with Gasteiger partial charge in [0, 0.05) is 13.4 Å². The molecule has 1 rings (SSSR count). The van der Waals surface area contributed by atoms with Gasteiger partial charge in [0.2, 0.25) is 0 Å². The molecule has 0 amide bonds. The largest absolute Gasteiger partial charge is 0.363 e. The van der Waals surface area contributed by atoms with Gasteiger partial charge in [0.05, 0.1) is 4.90 Å². The van der Waals surface area contributed by atoms with Crippen molar-refractivity contribution < 1.29 is 13.2 Å². The van der Waals surface area contributed by atoms with Crippen LogP contribution in [-0.2, 0) is 14.6 Å². The van der Waals surface area contributed by atoms with E-state index in [1.807, 2.05) is 0 Å². The average Bonchev–Trinajstić information content (AvgIpc) is 2.15. The van der Waals surface area contributed by atoms with E-state index in [1.165, 1.54) is 19.2 Å². The number of sulfone groups is 1. The summed E-state index contributed by atoms with van der Waals surface area (Å²) >= 11 is 0. The van der Waals surface area contributed by atoms with Crippen LogP contribution < -0.4 is 5.73 Å². The van der Waals surface area contributed by atoms with Gasteiger partial charge in [0.15, 0.2) is 9.84 Å². The first-order valence-electron chi connectivity index (χ1n) is 4.03. The zero-order valence-corrected chi connectivity index (χ0v) is 8.91. The normalized spacial score (nSPS) is 13.9. The fraction of sp³-hybridized carbons (Fsp3) is 0.333. The van der Waals surface area contributed by atoms with Crippen LogP contribution in [0.2, 0.25) is 0 Å². The molecule has 1 unspecified atom stereocenters. The van der Waals surface area contributed by atoms with Crippen LogP contribution >= 0.6 is 0 Å². The van der Waals surface area contributed by atoms with Crippen molar-refractivity contribution in [1.29, 1.82) is 0 Å². The summed E-state index contributed by atoms with van der Waals surface area (Å²) < 4.78 is 27.1. The Kier molecular flexibility index (Phi) is 3.25. The van der Waals surface area contributed by atoms with Crippen LogP contribution in [0.3, 0.4) is 0 Å². The second-order valence-corrected chi connectivity index (χ2v) is 5.01. The number of methoxy groups -OCH3 is 1. The van der Waals surface area contributed by atoms with Gasteiger partial charge < -0.3 is 10.5 Å². The highest BCUT2D eigenvalue weighted by molar-refractivity contribution is 7.90. The van der Waals surface area contributed by atoms with Crippen LogP contribution in [0.15, 0.2) is 29.2 Å². The fourth-order valence-electron chi connectivity index (χ4n) is 1.04. The molecule has 5 heteroatoms. The predicted molar refractivity (Wildman–Crippen MR) is 53.5 cm³/mol. The second-order valence-electron chi connectivity index (χ2n) is 3.00. The van der Waals surface area contributed by atoms with Crippen LogP contribution in [0.4, 0.5) is 0 Å². The van der Waals surface area contributed by atoms with E-state index in [9.17, 15) is 8.42 Å². The number of hydrogen-bond donors (Lipinski definition) is 1. The molecule has 14 heavy (non-hydrogen) atoms. The summed E-state index contributed by atoms with van der Waals surface area (Å²) in [4.78, 5) is 0.282. The fourth-order valence-corrected chi connectivity index (χ4v) is 1.67. The summed E-state index contributed by atoms with van der Waals surface area (Å²) in [5.74, 6) is 0. The number of rotatable bonds is 3. The lowest BCUT2D eigenvalue weighted by molar-refractivity contribution is 0.109. The maximum Gasteiger partial charge on any atom is 0.175 e. The van der Waals surface area contributed by atoms with E-state index in [0.717, 1.165) is 11.8 Å². The highest BCUT2D eigenvalue weighted by atomic mass is 32.2. The van der Waals surface area contributed by atoms with Gasteiger partial charge in [-0.25, -0.2) is 8.42 Å². The van der Waals surface area contributed by atoms with E-state index >= 15 is 0 Å². The molecule has 0 spiro atoms. The monoisotopic (exact) mass is 215 g/mol. The Labute approximate surface area is 83.6 Å². The van der Waals surface area contributed by atoms with Gasteiger partial charge in [-0.3, -0.25) is 0 Å². The van der Waals surface area contributed by atoms with Crippen molar-refractivity contribution in [3.63, 3.8) is 0 Å². The van der Waals surface area contributed by atoms with Gasteiger partial charge in [-0.2, -0.15) is 0 Å². The predicted octanol–water partition coefficient (Wildman–Crippen LogP) is 0.694. The highest BCUT2D eigenvalue weighted by Crippen LogP contribution is 2.14. The van der Waals surface area contributed by atoms with Gasteiger partial charge in [-0.15, -0.1) is 0 Å². The van der Waals surface area contributed by atoms with E-state index in [-0.39, 0.29) is 4.90 Å². The smallest absolute Gasteiger partial charge is 0.175 e. The van der Waals surface area contributed by atoms with Crippen molar-refractivity contribution in [3.05, 3.63) is 29.8 Å². The quantitative estimate of drug-likeness (QED) is 0.753. The zero-order valence-electron chi connectivity index (χ0n) is 8.10. The summed E-state index contributed by atoms with van der Waals surface area (Å²) in [5.41, 5.74) is 6.33. The molecule has 0 fully saturated rings. The number of ether oxygens (including phenoxy) is 1. The Hall–Kier alpha value is -0.910. The van der Waals surface area contributed by atoms with Gasteiger partial charge in [-0.05, 0) is 17.7 Å². The summed E-state index contributed by atoms with van der Waals surface area (Å²) in [6.07, 6.45) is 0.654. The van der Waals surface area contributed by atoms with Crippen molar-refractivity contribution in [3.8, 4) is 0 Å². The first kappa shape index (κ1) is 11.2. The molecule has 0 aliphatic carbocycles. The topological polar surface area (TPSA) is 69.4 Å². The van der Waals surface area contributed by atoms with E-state index in [2.05, 4.69) is 0 Å². The lowest BCUT2D eigenvalue weighted by atomic mass is 10.2. The molecule has 0 bridgehead atoms. The molecule has 78 valence electrons. The van der Waals surface area contributed by atoms with Gasteiger partial charge >= 0.3 is 0 Å². The molecule has 4 nitrogen and oxygen atoms in total. The molecule has 0 aromatic heterocycles. The SMILES string of the molecule is COC(N)c1ccc(S(C)(=O)=O)cc1. The van der Waals surface area contributed by atoms with Crippen LogP contribution in [0.5, 0.6) is 0 Å². The molecule has 0 radical (unpaired) electrons. The van der Waals surface area contributed by atoms with E-state index in [1.54, 1.807) is 12.1 Å². The molecule has 1 aromatic carbocycles. The first-order valence-corrected chi connectivity index (χ1v) is 5.92. The van der Waals surface area contributed by atoms with Crippen molar-refractivity contribution >= 4 is 9.84 Å². The standard InChI is InChI=1S/C9H13NO3S/c1-13-9(10)7-3-5-8(6-4-7)14(2,11)12/h3-6,9H,10H2,1-2H3. The third-order valence-corrected chi connectivity index (χ3v) is 3.02. The molecular weight excluding hydrogens is 202 g/mol. The molecule has 2 N–H and O–H groups in total. The average molecular weight is 215 g/mol. The Morgan fingerprint density at radius 2 is 1.79 bits per heavy atom. The molecule has 0 saturated heterocycles. The Morgan fingerprint density at radius 3 is 2.14 bits per heavy atom. The van der Waals surface area contributed by atoms with Crippen molar-refractivity contribution in [2.75, 3.05) is 13.4 Å². The third-order valence-electron chi connectivity index (χ3n) is 1.89. The molecule has 0 saturated carbocycles. The zero-order chi connectivity index (χ0) is 10.8. The molecule has 1 atom stereocenters. The summed E-state index contributed by atoms with van der Waals surface area (Å²) in [6, 6.07) is 6.32. The summed E-state index contributed by atoms with van der Waals surface area (Å²) in [6.45, 7) is 0. The molecule has 1 aromatic rings. The molecule has 0 aliphatic rings. The van der Waals surface area contributed by atoms with Crippen molar-refractivity contribution in [2.24, 2.45) is 5.73 Å². The Morgan fingerprint density at radius 1 is 1.29 bits per heavy atom. The van der Waals surface area contributed by atoms with E-state index in [0.29, 0.717) is 0 Å². The lowest BCUT2D eigenvalue weighted by Gasteiger charge is -2.09. The lowest BCUT2D eigenvalue weighted by Crippen LogP contribution is -2.12. The second kappa shape index (κ2) is 4.08. The van der Waals surface area contributed by atoms with Crippen molar-refractivity contribution in [2.45, 2.75) is 11.1 Å². The minimum atomic E-state index is -3.13. The molecular formula is C9H13NO3S. The minimum absolute atomic E-state index is 0.282. The van der Waals surface area contributed by atoms with Crippen LogP contribution in [0, 0.1) is 0 Å². The maximum atomic E-state index is 11.1. The molecule has 0 heterocycles. The first-order chi connectivity index (χ1) is 6.45.